The molecule has 1 heterocycles. The Morgan fingerprint density at radius 1 is 1.13 bits per heavy atom. The van der Waals surface area contributed by atoms with E-state index in [1.165, 1.54) is 5.56 Å². The molecule has 1 amide bonds. The van der Waals surface area contributed by atoms with Crippen molar-refractivity contribution < 1.29 is 14.3 Å². The van der Waals surface area contributed by atoms with Gasteiger partial charge in [-0.15, -0.1) is 0 Å². The Balaban J connectivity index is 1.71. The van der Waals surface area contributed by atoms with Crippen LogP contribution in [0, 0.1) is 0 Å². The van der Waals surface area contributed by atoms with Crippen molar-refractivity contribution in [2.24, 2.45) is 0 Å². The minimum Gasteiger partial charge on any atom is -0.487 e. The smallest absolute Gasteiger partial charge is 0.261 e. The topological polar surface area (TPSA) is 47.6 Å². The summed E-state index contributed by atoms with van der Waals surface area (Å²) in [6.45, 7) is 12.6. The van der Waals surface area contributed by atoms with Gasteiger partial charge in [-0.2, -0.15) is 0 Å². The van der Waals surface area contributed by atoms with Gasteiger partial charge in [0, 0.05) is 12.0 Å². The molecular formula is C26H35NO3. The molecule has 1 N–H and O–H groups in total. The van der Waals surface area contributed by atoms with Gasteiger partial charge in [0.05, 0.1) is 6.04 Å². The maximum absolute atomic E-state index is 13.0. The molecule has 4 heteroatoms. The van der Waals surface area contributed by atoms with Gasteiger partial charge >= 0.3 is 0 Å². The second-order valence-corrected chi connectivity index (χ2v) is 9.33. The summed E-state index contributed by atoms with van der Waals surface area (Å²) in [6.07, 6.45) is 1.97. The molecule has 0 saturated carbocycles. The van der Waals surface area contributed by atoms with Crippen molar-refractivity contribution >= 4 is 5.91 Å². The second-order valence-electron chi connectivity index (χ2n) is 9.33. The lowest BCUT2D eigenvalue weighted by atomic mass is 9.83. The largest absolute Gasteiger partial charge is 0.487 e. The maximum Gasteiger partial charge on any atom is 0.261 e. The molecule has 2 aromatic carbocycles. The van der Waals surface area contributed by atoms with E-state index in [-0.39, 0.29) is 23.0 Å². The summed E-state index contributed by atoms with van der Waals surface area (Å²) in [5.74, 6) is 1.45. The van der Waals surface area contributed by atoms with Crippen LogP contribution in [0.15, 0.2) is 48.5 Å². The molecule has 2 atom stereocenters. The molecule has 2 aromatic rings. The zero-order chi connectivity index (χ0) is 21.9. The molecule has 0 spiro atoms. The van der Waals surface area contributed by atoms with E-state index in [2.05, 4.69) is 52.1 Å². The summed E-state index contributed by atoms with van der Waals surface area (Å²) in [5.41, 5.74) is 2.11. The normalized spacial score (nSPS) is 18.7. The van der Waals surface area contributed by atoms with Crippen molar-refractivity contribution in [1.29, 1.82) is 0 Å². The Kier molecular flexibility index (Phi) is 6.44. The predicted molar refractivity (Wildman–Crippen MR) is 121 cm³/mol. The minimum atomic E-state index is -0.585. The molecule has 0 unspecified atom stereocenters. The highest BCUT2D eigenvalue weighted by atomic mass is 16.5. The van der Waals surface area contributed by atoms with E-state index in [1.807, 2.05) is 36.4 Å². The highest BCUT2D eigenvalue weighted by molar-refractivity contribution is 5.81. The maximum atomic E-state index is 13.0. The number of rotatable bonds is 6. The average Bonchev–Trinajstić information content (AvgIpc) is 2.73. The van der Waals surface area contributed by atoms with Gasteiger partial charge in [-0.05, 0) is 48.9 Å². The van der Waals surface area contributed by atoms with Gasteiger partial charge in [-0.1, -0.05) is 65.0 Å². The summed E-state index contributed by atoms with van der Waals surface area (Å²) >= 11 is 0. The van der Waals surface area contributed by atoms with Gasteiger partial charge in [-0.3, -0.25) is 4.79 Å². The van der Waals surface area contributed by atoms with E-state index in [0.717, 1.165) is 30.6 Å². The first-order valence-electron chi connectivity index (χ1n) is 11.0. The van der Waals surface area contributed by atoms with Crippen molar-refractivity contribution in [1.82, 2.24) is 5.32 Å². The Labute approximate surface area is 181 Å². The van der Waals surface area contributed by atoms with Crippen molar-refractivity contribution in [2.75, 3.05) is 0 Å². The lowest BCUT2D eigenvalue weighted by molar-refractivity contribution is -0.128. The first-order chi connectivity index (χ1) is 14.2. The van der Waals surface area contributed by atoms with Crippen LogP contribution in [0.4, 0.5) is 0 Å². The summed E-state index contributed by atoms with van der Waals surface area (Å²) in [5, 5.41) is 3.21. The van der Waals surface area contributed by atoms with Gasteiger partial charge < -0.3 is 14.8 Å². The molecular weight excluding hydrogens is 374 g/mol. The monoisotopic (exact) mass is 409 g/mol. The molecule has 0 fully saturated rings. The Bertz CT molecular complexity index is 863. The highest BCUT2D eigenvalue weighted by Gasteiger charge is 2.39. The number of hydrogen-bond acceptors (Lipinski definition) is 3. The molecule has 3 rings (SSSR count). The fourth-order valence-corrected chi connectivity index (χ4v) is 4.01. The molecule has 0 bridgehead atoms. The standard InChI is InChI=1S/C26H35NO3/c1-7-26(8-2)17-22(21-11-9-10-12-23(21)30-26)27-24(28)18(3)29-20-15-13-19(14-16-20)25(4,5)6/h9-16,18,22H,7-8,17H2,1-6H3,(H,27,28)/t18-,22+/m1/s1. The molecule has 0 saturated heterocycles. The van der Waals surface area contributed by atoms with E-state index in [9.17, 15) is 4.79 Å². The first-order valence-corrected chi connectivity index (χ1v) is 11.0. The summed E-state index contributed by atoms with van der Waals surface area (Å²) < 4.78 is 12.3. The van der Waals surface area contributed by atoms with Crippen molar-refractivity contribution in [3.05, 3.63) is 59.7 Å². The summed E-state index contributed by atoms with van der Waals surface area (Å²) in [7, 11) is 0. The summed E-state index contributed by atoms with van der Waals surface area (Å²) in [6, 6.07) is 15.9. The Morgan fingerprint density at radius 2 is 1.77 bits per heavy atom. The fraction of sp³-hybridized carbons (Fsp3) is 0.500. The van der Waals surface area contributed by atoms with Gasteiger partial charge in [0.2, 0.25) is 0 Å². The minimum absolute atomic E-state index is 0.0863. The van der Waals surface area contributed by atoms with Crippen molar-refractivity contribution in [2.45, 2.75) is 84.0 Å². The molecule has 4 nitrogen and oxygen atoms in total. The van der Waals surface area contributed by atoms with Gasteiger partial charge in [0.1, 0.15) is 17.1 Å². The lowest BCUT2D eigenvalue weighted by Crippen LogP contribution is -2.46. The molecule has 0 aromatic heterocycles. The number of nitrogens with one attached hydrogen (secondary N) is 1. The van der Waals surface area contributed by atoms with E-state index in [4.69, 9.17) is 9.47 Å². The number of fused-ring (bicyclic) bond motifs is 1. The van der Waals surface area contributed by atoms with Crippen LogP contribution in [0.1, 0.15) is 78.0 Å². The third kappa shape index (κ3) is 4.80. The fourth-order valence-electron chi connectivity index (χ4n) is 4.01. The molecule has 0 aliphatic carbocycles. The van der Waals surface area contributed by atoms with Crippen LogP contribution >= 0.6 is 0 Å². The third-order valence-electron chi connectivity index (χ3n) is 6.20. The van der Waals surface area contributed by atoms with Crippen LogP contribution in [-0.4, -0.2) is 17.6 Å². The number of benzene rings is 2. The van der Waals surface area contributed by atoms with E-state index in [0.29, 0.717) is 5.75 Å². The van der Waals surface area contributed by atoms with Crippen molar-refractivity contribution in [3.63, 3.8) is 0 Å². The van der Waals surface area contributed by atoms with Crippen LogP contribution in [0.3, 0.4) is 0 Å². The summed E-state index contributed by atoms with van der Waals surface area (Å²) in [4.78, 5) is 13.0. The van der Waals surface area contributed by atoms with Crippen LogP contribution < -0.4 is 14.8 Å². The van der Waals surface area contributed by atoms with Crippen LogP contribution in [-0.2, 0) is 10.2 Å². The number of ether oxygens (including phenoxy) is 2. The predicted octanol–water partition coefficient (Wildman–Crippen LogP) is 5.95. The molecule has 1 aliphatic rings. The number of carbonyl (C=O) groups excluding carboxylic acids is 1. The zero-order valence-electron chi connectivity index (χ0n) is 19.1. The third-order valence-corrected chi connectivity index (χ3v) is 6.20. The SMILES string of the molecule is CCC1(CC)C[C@H](NC(=O)[C@@H](C)Oc2ccc(C(C)(C)C)cc2)c2ccccc2O1. The number of amides is 1. The van der Waals surface area contributed by atoms with Gasteiger partial charge in [0.15, 0.2) is 6.10 Å². The first kappa shape index (κ1) is 22.2. The van der Waals surface area contributed by atoms with Gasteiger partial charge in [-0.25, -0.2) is 0 Å². The average molecular weight is 410 g/mol. The van der Waals surface area contributed by atoms with E-state index < -0.39 is 6.10 Å². The van der Waals surface area contributed by atoms with Crippen molar-refractivity contribution in [3.8, 4) is 11.5 Å². The number of carbonyl (C=O) groups is 1. The van der Waals surface area contributed by atoms with Crippen LogP contribution in [0.5, 0.6) is 11.5 Å². The Morgan fingerprint density at radius 3 is 2.37 bits per heavy atom. The highest BCUT2D eigenvalue weighted by Crippen LogP contribution is 2.42. The van der Waals surface area contributed by atoms with Crippen LogP contribution in [0.2, 0.25) is 0 Å². The number of para-hydroxylation sites is 1. The van der Waals surface area contributed by atoms with Crippen LogP contribution in [0.25, 0.3) is 0 Å². The number of hydrogen-bond donors (Lipinski definition) is 1. The lowest BCUT2D eigenvalue weighted by Gasteiger charge is -2.41. The van der Waals surface area contributed by atoms with E-state index in [1.54, 1.807) is 6.92 Å². The molecule has 1 aliphatic heterocycles. The van der Waals surface area contributed by atoms with Gasteiger partial charge in [0.25, 0.3) is 5.91 Å². The Hall–Kier alpha value is -2.49. The molecule has 30 heavy (non-hydrogen) atoms. The molecule has 0 radical (unpaired) electrons. The molecule has 162 valence electrons. The quantitative estimate of drug-likeness (QED) is 0.641. The second kappa shape index (κ2) is 8.71. The van der Waals surface area contributed by atoms with E-state index >= 15 is 0 Å². The zero-order valence-corrected chi connectivity index (χ0v) is 19.1.